The summed E-state index contributed by atoms with van der Waals surface area (Å²) in [5.74, 6) is 0.406. The van der Waals surface area contributed by atoms with Gasteiger partial charge in [-0.05, 0) is 57.9 Å². The molecule has 0 spiro atoms. The summed E-state index contributed by atoms with van der Waals surface area (Å²) in [5, 5.41) is 23.1. The van der Waals surface area contributed by atoms with Gasteiger partial charge in [0.2, 0.25) is 0 Å². The first kappa shape index (κ1) is 19.6. The molecule has 7 heteroatoms. The van der Waals surface area contributed by atoms with Crippen LogP contribution in [0.1, 0.15) is 0 Å². The molecule has 27 heavy (non-hydrogen) atoms. The van der Waals surface area contributed by atoms with E-state index in [9.17, 15) is 10.2 Å². The zero-order chi connectivity index (χ0) is 19.6. The van der Waals surface area contributed by atoms with Crippen molar-refractivity contribution in [2.24, 2.45) is 0 Å². The molecule has 4 rings (SSSR count). The van der Waals surface area contributed by atoms with E-state index in [-0.39, 0.29) is 11.5 Å². The molecule has 0 amide bonds. The molecule has 0 radical (unpaired) electrons. The van der Waals surface area contributed by atoms with E-state index >= 15 is 0 Å². The van der Waals surface area contributed by atoms with Crippen LogP contribution >= 0.6 is 18.8 Å². The second-order valence-electron chi connectivity index (χ2n) is 5.92. The summed E-state index contributed by atoms with van der Waals surface area (Å²) in [6.07, 6.45) is 0. The molecular formula is C20H16Cl2N2O2Pt. The van der Waals surface area contributed by atoms with Crippen LogP contribution in [-0.4, -0.2) is 10.2 Å². The van der Waals surface area contributed by atoms with Crippen molar-refractivity contribution in [3.8, 4) is 22.6 Å². The minimum atomic E-state index is -0.472. The second-order valence-corrected chi connectivity index (χ2v) is 9.20. The Morgan fingerprint density at radius 2 is 1.00 bits per heavy atom. The third-order valence-corrected chi connectivity index (χ3v) is 4.32. The number of halogens is 2. The molecule has 0 unspecified atom stereocenters. The number of benzene rings is 4. The molecule has 4 aromatic rings. The minimum absolute atomic E-state index is 0.203. The van der Waals surface area contributed by atoms with Gasteiger partial charge in [0.05, 0.1) is 0 Å². The first-order chi connectivity index (χ1) is 13.0. The Bertz CT molecular complexity index is 1050. The number of aromatic hydroxyl groups is 2. The number of rotatable bonds is 1. The number of anilines is 2. The average molecular weight is 582 g/mol. The van der Waals surface area contributed by atoms with E-state index in [2.05, 4.69) is 0 Å². The predicted molar refractivity (Wildman–Crippen MR) is 111 cm³/mol. The monoisotopic (exact) mass is 581 g/mol. The van der Waals surface area contributed by atoms with Crippen molar-refractivity contribution >= 4 is 51.8 Å². The zero-order valence-electron chi connectivity index (χ0n) is 13.9. The van der Waals surface area contributed by atoms with Crippen LogP contribution in [-0.2, 0) is 16.5 Å². The van der Waals surface area contributed by atoms with E-state index in [1.807, 2.05) is 36.4 Å². The van der Waals surface area contributed by atoms with Crippen molar-refractivity contribution < 1.29 is 26.7 Å². The quantitative estimate of drug-likeness (QED) is 0.220. The molecule has 0 heterocycles. The van der Waals surface area contributed by atoms with Crippen molar-refractivity contribution in [3.05, 3.63) is 60.7 Å². The van der Waals surface area contributed by atoms with Gasteiger partial charge in [0, 0.05) is 22.5 Å². The van der Waals surface area contributed by atoms with Gasteiger partial charge < -0.3 is 21.7 Å². The van der Waals surface area contributed by atoms with Gasteiger partial charge in [-0.2, -0.15) is 0 Å². The number of hydrogen-bond acceptors (Lipinski definition) is 4. The van der Waals surface area contributed by atoms with Crippen molar-refractivity contribution in [2.45, 2.75) is 0 Å². The van der Waals surface area contributed by atoms with E-state index in [0.717, 1.165) is 32.7 Å². The number of phenolic OH excluding ortho intramolecular Hbond substituents is 2. The van der Waals surface area contributed by atoms with E-state index in [4.69, 9.17) is 30.3 Å². The summed E-state index contributed by atoms with van der Waals surface area (Å²) in [7, 11) is 9.75. The summed E-state index contributed by atoms with van der Waals surface area (Å²) < 4.78 is 0. The van der Waals surface area contributed by atoms with Crippen LogP contribution in [0.3, 0.4) is 0 Å². The number of hydrogen-bond donors (Lipinski definition) is 4. The molecule has 0 atom stereocenters. The van der Waals surface area contributed by atoms with Crippen molar-refractivity contribution in [1.29, 1.82) is 0 Å². The van der Waals surface area contributed by atoms with Gasteiger partial charge in [0.15, 0.2) is 0 Å². The standard InChI is InChI=1S/C20H16N2O2.2ClH.Pt/c21-17-7-1-11-9-13(23)3-5-15(11)19(17)20-16-6-4-14(24)10-12(16)2-8-18(20)22;;;/h1-10,23-24H,21-22H2;2*1H;/q;;;+2/p-2. The Hall–Kier alpha value is -2.13. The van der Waals surface area contributed by atoms with Gasteiger partial charge in [-0.25, -0.2) is 0 Å². The fourth-order valence-electron chi connectivity index (χ4n) is 3.23. The first-order valence-corrected chi connectivity index (χ1v) is 13.4. The summed E-state index contributed by atoms with van der Waals surface area (Å²) in [6.45, 7) is 0. The molecule has 4 nitrogen and oxygen atoms in total. The Labute approximate surface area is 172 Å². The Morgan fingerprint density at radius 3 is 1.37 bits per heavy atom. The number of nitrogens with two attached hydrogens (primary N) is 2. The molecule has 0 saturated heterocycles. The van der Waals surface area contributed by atoms with Gasteiger partial charge in [0.1, 0.15) is 11.5 Å². The molecular weight excluding hydrogens is 566 g/mol. The number of phenols is 2. The summed E-state index contributed by atoms with van der Waals surface area (Å²) in [4.78, 5) is 0. The Kier molecular flexibility index (Phi) is 6.01. The molecule has 0 fully saturated rings. The van der Waals surface area contributed by atoms with Crippen LogP contribution in [0, 0.1) is 0 Å². The van der Waals surface area contributed by atoms with Gasteiger partial charge >= 0.3 is 35.3 Å². The van der Waals surface area contributed by atoms with Crippen LogP contribution < -0.4 is 11.5 Å². The zero-order valence-corrected chi connectivity index (χ0v) is 17.7. The van der Waals surface area contributed by atoms with E-state index < -0.39 is 16.5 Å². The Balaban J connectivity index is 0.000000659. The van der Waals surface area contributed by atoms with Crippen LogP contribution in [0.2, 0.25) is 0 Å². The molecule has 6 N–H and O–H groups in total. The maximum atomic E-state index is 9.73. The average Bonchev–Trinajstić information content (AvgIpc) is 2.63. The summed E-state index contributed by atoms with van der Waals surface area (Å²) in [6, 6.07) is 17.7. The fourth-order valence-corrected chi connectivity index (χ4v) is 3.23. The topological polar surface area (TPSA) is 92.5 Å². The summed E-state index contributed by atoms with van der Waals surface area (Å²) >= 11 is -0.472. The first-order valence-electron chi connectivity index (χ1n) is 7.81. The molecule has 0 aliphatic carbocycles. The predicted octanol–water partition coefficient (Wildman–Crippen LogP) is 5.61. The SMILES string of the molecule is Nc1ccc2cc(O)ccc2c1-c1c(N)ccc2cc(O)ccc12.[Cl][Pt][Cl]. The normalized spacial score (nSPS) is 10.7. The van der Waals surface area contributed by atoms with Crippen LogP contribution in [0.4, 0.5) is 11.4 Å². The molecule has 0 bridgehead atoms. The maximum absolute atomic E-state index is 9.73. The Morgan fingerprint density at radius 1 is 0.630 bits per heavy atom. The third-order valence-electron chi connectivity index (χ3n) is 4.32. The van der Waals surface area contributed by atoms with E-state index in [1.165, 1.54) is 0 Å². The van der Waals surface area contributed by atoms with E-state index in [0.29, 0.717) is 11.4 Å². The fraction of sp³-hybridized carbons (Fsp3) is 0. The third kappa shape index (κ3) is 3.93. The summed E-state index contributed by atoms with van der Waals surface area (Å²) in [5.41, 5.74) is 15.5. The van der Waals surface area contributed by atoms with Crippen LogP contribution in [0.25, 0.3) is 32.7 Å². The molecule has 0 aliphatic rings. The molecule has 4 aromatic carbocycles. The van der Waals surface area contributed by atoms with Gasteiger partial charge in [-0.1, -0.05) is 24.3 Å². The molecule has 0 saturated carbocycles. The molecule has 0 aliphatic heterocycles. The van der Waals surface area contributed by atoms with E-state index in [1.54, 1.807) is 24.3 Å². The van der Waals surface area contributed by atoms with Gasteiger partial charge in [-0.3, -0.25) is 0 Å². The number of fused-ring (bicyclic) bond motifs is 2. The van der Waals surface area contributed by atoms with Crippen LogP contribution in [0.5, 0.6) is 11.5 Å². The molecule has 0 aromatic heterocycles. The van der Waals surface area contributed by atoms with Gasteiger partial charge in [-0.15, -0.1) is 0 Å². The van der Waals surface area contributed by atoms with Crippen molar-refractivity contribution in [2.75, 3.05) is 11.5 Å². The van der Waals surface area contributed by atoms with Crippen LogP contribution in [0.15, 0.2) is 60.7 Å². The second kappa shape index (κ2) is 8.26. The number of nitrogen functional groups attached to an aromatic ring is 2. The van der Waals surface area contributed by atoms with Crippen molar-refractivity contribution in [3.63, 3.8) is 0 Å². The molecule has 142 valence electrons. The van der Waals surface area contributed by atoms with Crippen molar-refractivity contribution in [1.82, 2.24) is 0 Å². The van der Waals surface area contributed by atoms with Gasteiger partial charge in [0.25, 0.3) is 0 Å².